The van der Waals surface area contributed by atoms with Gasteiger partial charge < -0.3 is 9.15 Å². The highest BCUT2D eigenvalue weighted by atomic mass is 32.1. The van der Waals surface area contributed by atoms with Crippen molar-refractivity contribution >= 4 is 28.2 Å². The molecule has 1 aromatic heterocycles. The van der Waals surface area contributed by atoms with E-state index in [1.807, 2.05) is 18.2 Å². The van der Waals surface area contributed by atoms with Crippen LogP contribution in [-0.2, 0) is 4.74 Å². The fourth-order valence-electron chi connectivity index (χ4n) is 2.15. The SMILES string of the molecule is CCCCCCCOC(=S)c1cc2ccccc2oc1=O. The number of ether oxygens (including phenoxy) is 1. The molecular weight excluding hydrogens is 284 g/mol. The Kier molecular flexibility index (Phi) is 5.93. The molecule has 1 heterocycles. The van der Waals surface area contributed by atoms with Gasteiger partial charge in [-0.3, -0.25) is 0 Å². The zero-order valence-corrected chi connectivity index (χ0v) is 13.1. The van der Waals surface area contributed by atoms with Crippen molar-refractivity contribution in [2.75, 3.05) is 6.61 Å². The fraction of sp³-hybridized carbons (Fsp3) is 0.412. The predicted molar refractivity (Wildman–Crippen MR) is 88.9 cm³/mol. The summed E-state index contributed by atoms with van der Waals surface area (Å²) in [6.45, 7) is 2.74. The molecule has 0 aliphatic rings. The molecule has 4 heteroatoms. The van der Waals surface area contributed by atoms with Crippen molar-refractivity contribution in [3.8, 4) is 0 Å². The van der Waals surface area contributed by atoms with Gasteiger partial charge in [0.25, 0.3) is 0 Å². The van der Waals surface area contributed by atoms with Crippen LogP contribution < -0.4 is 5.63 Å². The number of rotatable bonds is 7. The van der Waals surface area contributed by atoms with Crippen molar-refractivity contribution < 1.29 is 9.15 Å². The Hall–Kier alpha value is -1.68. The molecule has 1 aromatic carbocycles. The van der Waals surface area contributed by atoms with Gasteiger partial charge in [-0.05, 0) is 30.8 Å². The lowest BCUT2D eigenvalue weighted by Gasteiger charge is -2.07. The largest absolute Gasteiger partial charge is 0.483 e. The van der Waals surface area contributed by atoms with Gasteiger partial charge in [-0.15, -0.1) is 0 Å². The Bertz CT molecular complexity index is 660. The average molecular weight is 304 g/mol. The maximum absolute atomic E-state index is 11.9. The molecule has 0 unspecified atom stereocenters. The normalized spacial score (nSPS) is 10.7. The lowest BCUT2D eigenvalue weighted by molar-refractivity contribution is 0.300. The maximum Gasteiger partial charge on any atom is 0.348 e. The van der Waals surface area contributed by atoms with Gasteiger partial charge in [-0.2, -0.15) is 0 Å². The Balaban J connectivity index is 1.96. The minimum Gasteiger partial charge on any atom is -0.483 e. The first-order chi connectivity index (χ1) is 10.2. The van der Waals surface area contributed by atoms with E-state index in [-0.39, 0.29) is 5.05 Å². The van der Waals surface area contributed by atoms with Crippen LogP contribution in [0.15, 0.2) is 39.5 Å². The molecule has 2 aromatic rings. The smallest absolute Gasteiger partial charge is 0.348 e. The maximum atomic E-state index is 11.9. The first-order valence-electron chi connectivity index (χ1n) is 7.42. The van der Waals surface area contributed by atoms with E-state index in [1.165, 1.54) is 19.3 Å². The highest BCUT2D eigenvalue weighted by molar-refractivity contribution is 7.80. The lowest BCUT2D eigenvalue weighted by Crippen LogP contribution is -2.16. The Morgan fingerprint density at radius 1 is 1.19 bits per heavy atom. The molecule has 0 amide bonds. The molecule has 0 aliphatic heterocycles. The summed E-state index contributed by atoms with van der Waals surface area (Å²) in [5.41, 5.74) is 0.454. The topological polar surface area (TPSA) is 39.4 Å². The molecule has 0 bridgehead atoms. The summed E-state index contributed by atoms with van der Waals surface area (Å²) in [5, 5.41) is 1.07. The van der Waals surface area contributed by atoms with Crippen LogP contribution >= 0.6 is 12.2 Å². The minimum atomic E-state index is -0.440. The van der Waals surface area contributed by atoms with Gasteiger partial charge in [0, 0.05) is 5.39 Å². The van der Waals surface area contributed by atoms with E-state index >= 15 is 0 Å². The Morgan fingerprint density at radius 2 is 1.95 bits per heavy atom. The van der Waals surface area contributed by atoms with Gasteiger partial charge in [0.05, 0.1) is 6.61 Å². The lowest BCUT2D eigenvalue weighted by atomic mass is 10.2. The number of unbranched alkanes of at least 4 members (excludes halogenated alkanes) is 4. The van der Waals surface area contributed by atoms with Crippen LogP contribution in [0, 0.1) is 0 Å². The molecule has 0 saturated heterocycles. The second-order valence-corrected chi connectivity index (χ2v) is 5.41. The molecule has 0 saturated carbocycles. The van der Waals surface area contributed by atoms with Crippen molar-refractivity contribution in [1.82, 2.24) is 0 Å². The van der Waals surface area contributed by atoms with Gasteiger partial charge in [-0.1, -0.05) is 50.8 Å². The van der Waals surface area contributed by atoms with E-state index in [1.54, 1.807) is 12.1 Å². The highest BCUT2D eigenvalue weighted by Gasteiger charge is 2.11. The first-order valence-corrected chi connectivity index (χ1v) is 7.83. The van der Waals surface area contributed by atoms with Crippen molar-refractivity contribution in [3.05, 3.63) is 46.3 Å². The summed E-state index contributed by atoms with van der Waals surface area (Å²) in [5.74, 6) is 0. The van der Waals surface area contributed by atoms with E-state index in [0.29, 0.717) is 17.8 Å². The quantitative estimate of drug-likeness (QED) is 0.430. The van der Waals surface area contributed by atoms with Gasteiger partial charge >= 0.3 is 5.63 Å². The molecule has 0 radical (unpaired) electrons. The number of fused-ring (bicyclic) bond motifs is 1. The van der Waals surface area contributed by atoms with Crippen LogP contribution in [0.5, 0.6) is 0 Å². The van der Waals surface area contributed by atoms with Gasteiger partial charge in [0.15, 0.2) is 5.05 Å². The van der Waals surface area contributed by atoms with Crippen LogP contribution in [0.3, 0.4) is 0 Å². The third-order valence-electron chi connectivity index (χ3n) is 3.34. The zero-order valence-electron chi connectivity index (χ0n) is 12.3. The second-order valence-electron chi connectivity index (χ2n) is 5.04. The molecule has 112 valence electrons. The minimum absolute atomic E-state index is 0.227. The summed E-state index contributed by atoms with van der Waals surface area (Å²) in [4.78, 5) is 11.9. The average Bonchev–Trinajstić information content (AvgIpc) is 2.49. The van der Waals surface area contributed by atoms with Crippen molar-refractivity contribution in [2.24, 2.45) is 0 Å². The predicted octanol–water partition coefficient (Wildman–Crippen LogP) is 4.46. The second kappa shape index (κ2) is 7.93. The first kappa shape index (κ1) is 15.7. The molecule has 0 aliphatic carbocycles. The van der Waals surface area contributed by atoms with E-state index in [0.717, 1.165) is 18.2 Å². The molecule has 0 fully saturated rings. The van der Waals surface area contributed by atoms with Crippen LogP contribution in [0.2, 0.25) is 0 Å². The summed E-state index contributed by atoms with van der Waals surface area (Å²) in [7, 11) is 0. The number of hydrogen-bond donors (Lipinski definition) is 0. The molecule has 0 spiro atoms. The van der Waals surface area contributed by atoms with Crippen molar-refractivity contribution in [3.63, 3.8) is 0 Å². The van der Waals surface area contributed by atoms with E-state index in [9.17, 15) is 4.79 Å². The molecular formula is C17H20O3S. The van der Waals surface area contributed by atoms with Crippen molar-refractivity contribution in [1.29, 1.82) is 0 Å². The van der Waals surface area contributed by atoms with Crippen LogP contribution in [0.4, 0.5) is 0 Å². The standard InChI is InChI=1S/C17H20O3S/c1-2-3-4-5-8-11-19-17(21)14-12-13-9-6-7-10-15(13)20-16(14)18/h6-7,9-10,12H,2-5,8,11H2,1H3. The van der Waals surface area contributed by atoms with Gasteiger partial charge in [-0.25, -0.2) is 4.79 Å². The van der Waals surface area contributed by atoms with Crippen LogP contribution in [0.1, 0.15) is 44.6 Å². The van der Waals surface area contributed by atoms with E-state index in [4.69, 9.17) is 21.4 Å². The molecule has 3 nitrogen and oxygen atoms in total. The number of thiocarbonyl (C=S) groups is 1. The van der Waals surface area contributed by atoms with E-state index in [2.05, 4.69) is 6.92 Å². The third kappa shape index (κ3) is 4.39. The highest BCUT2D eigenvalue weighted by Crippen LogP contribution is 2.13. The summed E-state index contributed by atoms with van der Waals surface area (Å²) in [6, 6.07) is 9.10. The summed E-state index contributed by atoms with van der Waals surface area (Å²) in [6.07, 6.45) is 5.77. The summed E-state index contributed by atoms with van der Waals surface area (Å²) >= 11 is 5.19. The Morgan fingerprint density at radius 3 is 2.76 bits per heavy atom. The van der Waals surface area contributed by atoms with Gasteiger partial charge in [0.2, 0.25) is 0 Å². The van der Waals surface area contributed by atoms with Crippen LogP contribution in [-0.4, -0.2) is 11.7 Å². The third-order valence-corrected chi connectivity index (χ3v) is 3.68. The Labute approximate surface area is 129 Å². The van der Waals surface area contributed by atoms with Crippen molar-refractivity contribution in [2.45, 2.75) is 39.0 Å². The van der Waals surface area contributed by atoms with Crippen LogP contribution in [0.25, 0.3) is 11.0 Å². The number of benzene rings is 1. The molecule has 0 atom stereocenters. The fourth-order valence-corrected chi connectivity index (χ4v) is 2.38. The molecule has 2 rings (SSSR count). The number of hydrogen-bond acceptors (Lipinski definition) is 4. The number of para-hydroxylation sites is 1. The monoisotopic (exact) mass is 304 g/mol. The zero-order chi connectivity index (χ0) is 15.1. The van der Waals surface area contributed by atoms with Gasteiger partial charge in [0.1, 0.15) is 11.1 Å². The van der Waals surface area contributed by atoms with E-state index < -0.39 is 5.63 Å². The molecule has 21 heavy (non-hydrogen) atoms. The molecule has 0 N–H and O–H groups in total. The summed E-state index contributed by atoms with van der Waals surface area (Å²) < 4.78 is 10.8.